The Kier molecular flexibility index (Phi) is 4.52. The van der Waals surface area contributed by atoms with E-state index >= 15 is 0 Å². The van der Waals surface area contributed by atoms with Gasteiger partial charge in [-0.3, -0.25) is 19.7 Å². The zero-order chi connectivity index (χ0) is 14.6. The van der Waals surface area contributed by atoms with Crippen molar-refractivity contribution in [3.8, 4) is 0 Å². The van der Waals surface area contributed by atoms with Crippen molar-refractivity contribution in [3.63, 3.8) is 0 Å². The van der Waals surface area contributed by atoms with E-state index in [9.17, 15) is 19.7 Å². The number of ketones is 1. The van der Waals surface area contributed by atoms with Crippen molar-refractivity contribution in [3.05, 3.63) is 52.1 Å². The number of non-ortho nitro benzene ring substituents is 1. The van der Waals surface area contributed by atoms with E-state index in [4.69, 9.17) is 4.74 Å². The Labute approximate surface area is 109 Å². The summed E-state index contributed by atoms with van der Waals surface area (Å²) in [6, 6.07) is 5.41. The predicted octanol–water partition coefficient (Wildman–Crippen LogP) is 2.34. The number of nitro benzene ring substituents is 1. The van der Waals surface area contributed by atoms with Gasteiger partial charge in [0.05, 0.1) is 4.92 Å². The largest absolute Gasteiger partial charge is 0.453 e. The van der Waals surface area contributed by atoms with Crippen molar-refractivity contribution in [2.75, 3.05) is 0 Å². The zero-order valence-electron chi connectivity index (χ0n) is 10.6. The number of Topliss-reactive ketones (excluding diaryl/α,β-unsaturated/α-hetero) is 1. The second-order valence-corrected chi connectivity index (χ2v) is 3.92. The standard InChI is InChI=1S/C13H13NO5/c1-8(9(2)15)13(19-10(3)16)11-4-6-12(7-5-11)14(17)18/h4-7,13H,1H2,2-3H3. The van der Waals surface area contributed by atoms with Crippen LogP contribution in [0.25, 0.3) is 0 Å². The molecule has 0 fully saturated rings. The van der Waals surface area contributed by atoms with E-state index in [2.05, 4.69) is 6.58 Å². The van der Waals surface area contributed by atoms with Crippen LogP contribution in [-0.4, -0.2) is 16.7 Å². The van der Waals surface area contributed by atoms with Gasteiger partial charge in [-0.05, 0) is 24.6 Å². The monoisotopic (exact) mass is 263 g/mol. The highest BCUT2D eigenvalue weighted by molar-refractivity contribution is 5.94. The third-order valence-electron chi connectivity index (χ3n) is 2.46. The molecule has 1 aromatic rings. The van der Waals surface area contributed by atoms with E-state index in [1.54, 1.807) is 0 Å². The number of carbonyl (C=O) groups is 2. The molecule has 0 heterocycles. The van der Waals surface area contributed by atoms with Crippen LogP contribution >= 0.6 is 0 Å². The predicted molar refractivity (Wildman–Crippen MR) is 67.4 cm³/mol. The number of carbonyl (C=O) groups excluding carboxylic acids is 2. The normalized spacial score (nSPS) is 11.5. The van der Waals surface area contributed by atoms with Crippen LogP contribution in [0.2, 0.25) is 0 Å². The lowest BCUT2D eigenvalue weighted by Crippen LogP contribution is -2.14. The van der Waals surface area contributed by atoms with Gasteiger partial charge >= 0.3 is 5.97 Å². The van der Waals surface area contributed by atoms with Crippen molar-refractivity contribution in [2.45, 2.75) is 20.0 Å². The van der Waals surface area contributed by atoms with Crippen molar-refractivity contribution >= 4 is 17.4 Å². The van der Waals surface area contributed by atoms with E-state index in [0.29, 0.717) is 5.56 Å². The van der Waals surface area contributed by atoms with E-state index in [1.807, 2.05) is 0 Å². The van der Waals surface area contributed by atoms with E-state index in [1.165, 1.54) is 38.1 Å². The van der Waals surface area contributed by atoms with Gasteiger partial charge in [0, 0.05) is 24.6 Å². The molecule has 0 aliphatic heterocycles. The Morgan fingerprint density at radius 3 is 2.16 bits per heavy atom. The van der Waals surface area contributed by atoms with Crippen LogP contribution in [0.3, 0.4) is 0 Å². The molecule has 0 bridgehead atoms. The van der Waals surface area contributed by atoms with Gasteiger partial charge in [0.25, 0.3) is 5.69 Å². The van der Waals surface area contributed by atoms with Gasteiger partial charge in [-0.15, -0.1) is 0 Å². The number of hydrogen-bond acceptors (Lipinski definition) is 5. The van der Waals surface area contributed by atoms with Crippen LogP contribution in [-0.2, 0) is 14.3 Å². The summed E-state index contributed by atoms with van der Waals surface area (Å²) in [4.78, 5) is 32.4. The molecule has 0 aliphatic carbocycles. The summed E-state index contributed by atoms with van der Waals surface area (Å²) in [5, 5.41) is 10.6. The number of nitro groups is 1. The topological polar surface area (TPSA) is 86.5 Å². The highest BCUT2D eigenvalue weighted by Crippen LogP contribution is 2.27. The van der Waals surface area contributed by atoms with Gasteiger partial charge < -0.3 is 4.74 Å². The summed E-state index contributed by atoms with van der Waals surface area (Å²) in [5.74, 6) is -0.879. The molecule has 0 aromatic heterocycles. The molecule has 1 aromatic carbocycles. The summed E-state index contributed by atoms with van der Waals surface area (Å²) >= 11 is 0. The molecule has 0 radical (unpaired) electrons. The van der Waals surface area contributed by atoms with Crippen molar-refractivity contribution in [1.82, 2.24) is 0 Å². The number of ether oxygens (including phenoxy) is 1. The first-order valence-electron chi connectivity index (χ1n) is 5.44. The third-order valence-corrected chi connectivity index (χ3v) is 2.46. The summed E-state index contributed by atoms with van der Waals surface area (Å²) in [6.07, 6.45) is -0.921. The first-order chi connectivity index (χ1) is 8.82. The number of nitrogens with zero attached hydrogens (tertiary/aromatic N) is 1. The van der Waals surface area contributed by atoms with Gasteiger partial charge in [-0.2, -0.15) is 0 Å². The van der Waals surface area contributed by atoms with Crippen molar-refractivity contribution in [1.29, 1.82) is 0 Å². The molecular weight excluding hydrogens is 250 g/mol. The molecular formula is C13H13NO5. The molecule has 0 spiro atoms. The van der Waals surface area contributed by atoms with Gasteiger partial charge in [0.1, 0.15) is 0 Å². The minimum absolute atomic E-state index is 0.0845. The average molecular weight is 263 g/mol. The van der Waals surface area contributed by atoms with E-state index < -0.39 is 17.0 Å². The molecule has 1 unspecified atom stereocenters. The van der Waals surface area contributed by atoms with Gasteiger partial charge in [-0.25, -0.2) is 0 Å². The quantitative estimate of drug-likeness (QED) is 0.352. The molecule has 1 rings (SSSR count). The molecule has 1 atom stereocenters. The maximum absolute atomic E-state index is 11.3. The Morgan fingerprint density at radius 1 is 1.26 bits per heavy atom. The third kappa shape index (κ3) is 3.74. The van der Waals surface area contributed by atoms with Crippen LogP contribution in [0.5, 0.6) is 0 Å². The van der Waals surface area contributed by atoms with Gasteiger partial charge in [0.15, 0.2) is 11.9 Å². The second-order valence-electron chi connectivity index (χ2n) is 3.92. The lowest BCUT2D eigenvalue weighted by atomic mass is 10.00. The fourth-order valence-electron chi connectivity index (χ4n) is 1.46. The van der Waals surface area contributed by atoms with E-state index in [-0.39, 0.29) is 17.0 Å². The summed E-state index contributed by atoms with van der Waals surface area (Å²) < 4.78 is 5.03. The second kappa shape index (κ2) is 5.90. The maximum Gasteiger partial charge on any atom is 0.303 e. The van der Waals surface area contributed by atoms with Crippen LogP contribution < -0.4 is 0 Å². The molecule has 6 heteroatoms. The zero-order valence-corrected chi connectivity index (χ0v) is 10.6. The Bertz CT molecular complexity index is 532. The minimum atomic E-state index is -0.921. The minimum Gasteiger partial charge on any atom is -0.453 e. The molecule has 0 saturated heterocycles. The van der Waals surface area contributed by atoms with Crippen molar-refractivity contribution in [2.24, 2.45) is 0 Å². The molecule has 6 nitrogen and oxygen atoms in total. The van der Waals surface area contributed by atoms with Crippen LogP contribution in [0.1, 0.15) is 25.5 Å². The number of benzene rings is 1. The molecule has 0 N–H and O–H groups in total. The summed E-state index contributed by atoms with van der Waals surface area (Å²) in [5.41, 5.74) is 0.490. The maximum atomic E-state index is 11.3. The van der Waals surface area contributed by atoms with E-state index in [0.717, 1.165) is 0 Å². The Balaban J connectivity index is 3.10. The van der Waals surface area contributed by atoms with Crippen LogP contribution in [0.4, 0.5) is 5.69 Å². The fraction of sp³-hybridized carbons (Fsp3) is 0.231. The number of rotatable bonds is 5. The summed E-state index contributed by atoms with van der Waals surface area (Å²) in [6.45, 7) is 6.10. The molecule has 0 saturated carbocycles. The Morgan fingerprint density at radius 2 is 1.79 bits per heavy atom. The molecule has 0 aliphatic rings. The lowest BCUT2D eigenvalue weighted by molar-refractivity contribution is -0.384. The smallest absolute Gasteiger partial charge is 0.303 e. The molecule has 100 valence electrons. The molecule has 19 heavy (non-hydrogen) atoms. The lowest BCUT2D eigenvalue weighted by Gasteiger charge is -2.18. The van der Waals surface area contributed by atoms with Gasteiger partial charge in [0.2, 0.25) is 0 Å². The number of hydrogen-bond donors (Lipinski definition) is 0. The molecule has 0 amide bonds. The van der Waals surface area contributed by atoms with Crippen LogP contribution in [0.15, 0.2) is 36.4 Å². The van der Waals surface area contributed by atoms with Crippen molar-refractivity contribution < 1.29 is 19.2 Å². The first-order valence-corrected chi connectivity index (χ1v) is 5.44. The fourth-order valence-corrected chi connectivity index (χ4v) is 1.46. The SMILES string of the molecule is C=C(C(C)=O)C(OC(C)=O)c1ccc([N+](=O)[O-])cc1. The summed E-state index contributed by atoms with van der Waals surface area (Å²) in [7, 11) is 0. The van der Waals surface area contributed by atoms with Gasteiger partial charge in [-0.1, -0.05) is 6.58 Å². The first kappa shape index (κ1) is 14.6. The highest BCUT2D eigenvalue weighted by Gasteiger charge is 2.22. The van der Waals surface area contributed by atoms with Crippen LogP contribution in [0, 0.1) is 10.1 Å². The number of esters is 1. The average Bonchev–Trinajstić information content (AvgIpc) is 2.35. The highest BCUT2D eigenvalue weighted by atomic mass is 16.6. The Hall–Kier alpha value is -2.50.